The van der Waals surface area contributed by atoms with E-state index in [4.69, 9.17) is 4.74 Å². The molecule has 0 aliphatic heterocycles. The molecule has 1 aromatic heterocycles. The minimum Gasteiger partial charge on any atom is -0.467 e. The fourth-order valence-electron chi connectivity index (χ4n) is 2.80. The number of amides is 1. The molecule has 0 bridgehead atoms. The van der Waals surface area contributed by atoms with Crippen LogP contribution in [0.5, 0.6) is 5.88 Å². The van der Waals surface area contributed by atoms with Crippen LogP contribution >= 0.6 is 0 Å². The molecule has 1 aliphatic rings. The summed E-state index contributed by atoms with van der Waals surface area (Å²) in [7, 11) is 3.29. The van der Waals surface area contributed by atoms with Gasteiger partial charge in [0, 0.05) is 25.6 Å². The minimum atomic E-state index is -0.218. The van der Waals surface area contributed by atoms with Gasteiger partial charge in [-0.1, -0.05) is 24.0 Å². The summed E-state index contributed by atoms with van der Waals surface area (Å²) < 4.78 is 6.98. The molecule has 0 spiro atoms. The Labute approximate surface area is 165 Å². The van der Waals surface area contributed by atoms with Crippen molar-refractivity contribution in [3.63, 3.8) is 0 Å². The van der Waals surface area contributed by atoms with Crippen molar-refractivity contribution in [2.45, 2.75) is 32.7 Å². The normalized spacial score (nSPS) is 14.0. The molecule has 2 aromatic rings. The minimum absolute atomic E-state index is 0.151. The molecule has 0 N–H and O–H groups in total. The van der Waals surface area contributed by atoms with Crippen molar-refractivity contribution in [3.05, 3.63) is 57.6 Å². The SMILES string of the molecule is Cc1nc(OCC(=O)N(C)C)cc(=O)n1C(C)c1ccc(C#CC2CC2)cc1. The van der Waals surface area contributed by atoms with Crippen LogP contribution in [-0.4, -0.2) is 41.1 Å². The Morgan fingerprint density at radius 1 is 1.32 bits per heavy atom. The highest BCUT2D eigenvalue weighted by Gasteiger charge is 2.18. The summed E-state index contributed by atoms with van der Waals surface area (Å²) in [6.07, 6.45) is 2.42. The highest BCUT2D eigenvalue weighted by Crippen LogP contribution is 2.27. The lowest BCUT2D eigenvalue weighted by molar-refractivity contribution is -0.130. The molecule has 1 fully saturated rings. The molecular formula is C22H25N3O3. The predicted octanol–water partition coefficient (Wildman–Crippen LogP) is 2.39. The van der Waals surface area contributed by atoms with Crippen molar-refractivity contribution in [1.82, 2.24) is 14.5 Å². The Bertz CT molecular complexity index is 977. The van der Waals surface area contributed by atoms with Gasteiger partial charge in [0.1, 0.15) is 5.82 Å². The molecule has 1 aromatic carbocycles. The van der Waals surface area contributed by atoms with E-state index in [0.29, 0.717) is 11.7 Å². The maximum Gasteiger partial charge on any atom is 0.260 e. The number of aromatic nitrogens is 2. The van der Waals surface area contributed by atoms with Crippen LogP contribution in [0.3, 0.4) is 0 Å². The molecule has 146 valence electrons. The summed E-state index contributed by atoms with van der Waals surface area (Å²) in [6, 6.07) is 9.10. The first-order chi connectivity index (χ1) is 13.3. The smallest absolute Gasteiger partial charge is 0.260 e. The molecule has 3 rings (SSSR count). The number of carbonyl (C=O) groups excluding carboxylic acids is 1. The second kappa shape index (κ2) is 8.30. The third kappa shape index (κ3) is 4.80. The highest BCUT2D eigenvalue weighted by molar-refractivity contribution is 5.77. The number of benzene rings is 1. The topological polar surface area (TPSA) is 64.4 Å². The number of nitrogens with zero attached hydrogens (tertiary/aromatic N) is 3. The van der Waals surface area contributed by atoms with Crippen LogP contribution in [0.4, 0.5) is 0 Å². The van der Waals surface area contributed by atoms with Gasteiger partial charge in [-0.05, 0) is 44.4 Å². The molecular weight excluding hydrogens is 354 g/mol. The summed E-state index contributed by atoms with van der Waals surface area (Å²) in [4.78, 5) is 30.0. The van der Waals surface area contributed by atoms with Crippen LogP contribution < -0.4 is 10.3 Å². The van der Waals surface area contributed by atoms with Crippen molar-refractivity contribution in [2.75, 3.05) is 20.7 Å². The Morgan fingerprint density at radius 3 is 2.57 bits per heavy atom. The third-order valence-electron chi connectivity index (χ3n) is 4.73. The van der Waals surface area contributed by atoms with Gasteiger partial charge in [-0.15, -0.1) is 0 Å². The van der Waals surface area contributed by atoms with Gasteiger partial charge in [-0.25, -0.2) is 4.98 Å². The van der Waals surface area contributed by atoms with Gasteiger partial charge in [-0.2, -0.15) is 0 Å². The van der Waals surface area contributed by atoms with Crippen molar-refractivity contribution in [3.8, 4) is 17.7 Å². The molecule has 1 unspecified atom stereocenters. The van der Waals surface area contributed by atoms with E-state index in [1.807, 2.05) is 31.2 Å². The molecule has 1 saturated carbocycles. The van der Waals surface area contributed by atoms with Gasteiger partial charge >= 0.3 is 0 Å². The van der Waals surface area contributed by atoms with Crippen LogP contribution in [0.1, 0.15) is 42.8 Å². The summed E-state index contributed by atoms with van der Waals surface area (Å²) in [6.45, 7) is 3.56. The molecule has 1 aliphatic carbocycles. The Balaban J connectivity index is 1.76. The number of hydrogen-bond acceptors (Lipinski definition) is 4. The van der Waals surface area contributed by atoms with E-state index < -0.39 is 0 Å². The number of likely N-dealkylation sites (N-methyl/N-ethyl adjacent to an activating group) is 1. The Kier molecular flexibility index (Phi) is 5.84. The van der Waals surface area contributed by atoms with Crippen LogP contribution in [0.15, 0.2) is 35.1 Å². The first kappa shape index (κ1) is 19.7. The quantitative estimate of drug-likeness (QED) is 0.749. The monoisotopic (exact) mass is 379 g/mol. The fraction of sp³-hybridized carbons (Fsp3) is 0.409. The fourth-order valence-corrected chi connectivity index (χ4v) is 2.80. The van der Waals surface area contributed by atoms with Crippen LogP contribution in [0.25, 0.3) is 0 Å². The molecule has 28 heavy (non-hydrogen) atoms. The Morgan fingerprint density at radius 2 is 2.00 bits per heavy atom. The lowest BCUT2D eigenvalue weighted by Gasteiger charge is -2.19. The van der Waals surface area contributed by atoms with Crippen molar-refractivity contribution in [1.29, 1.82) is 0 Å². The van der Waals surface area contributed by atoms with E-state index in [1.165, 1.54) is 23.8 Å². The van der Waals surface area contributed by atoms with Crippen LogP contribution in [0, 0.1) is 24.7 Å². The highest BCUT2D eigenvalue weighted by atomic mass is 16.5. The summed E-state index contributed by atoms with van der Waals surface area (Å²) in [5, 5.41) is 0. The number of rotatable bonds is 5. The molecule has 6 nitrogen and oxygen atoms in total. The van der Waals surface area contributed by atoms with Gasteiger partial charge in [0.25, 0.3) is 11.5 Å². The average Bonchev–Trinajstić information content (AvgIpc) is 3.48. The number of ether oxygens (including phenoxy) is 1. The van der Waals surface area contributed by atoms with Crippen molar-refractivity contribution in [2.24, 2.45) is 5.92 Å². The van der Waals surface area contributed by atoms with Crippen molar-refractivity contribution < 1.29 is 9.53 Å². The molecule has 6 heteroatoms. The summed E-state index contributed by atoms with van der Waals surface area (Å²) in [5.74, 6) is 7.51. The maximum atomic E-state index is 12.6. The van der Waals surface area contributed by atoms with Crippen LogP contribution in [-0.2, 0) is 4.79 Å². The Hall–Kier alpha value is -3.07. The van der Waals surface area contributed by atoms with Crippen LogP contribution in [0.2, 0.25) is 0 Å². The molecule has 1 atom stereocenters. The number of aryl methyl sites for hydroxylation is 1. The van der Waals surface area contributed by atoms with E-state index in [9.17, 15) is 9.59 Å². The van der Waals surface area contributed by atoms with E-state index in [2.05, 4.69) is 16.8 Å². The predicted molar refractivity (Wildman–Crippen MR) is 107 cm³/mol. The third-order valence-corrected chi connectivity index (χ3v) is 4.73. The lowest BCUT2D eigenvalue weighted by atomic mass is 10.1. The zero-order chi connectivity index (χ0) is 20.3. The molecule has 0 radical (unpaired) electrons. The summed E-state index contributed by atoms with van der Waals surface area (Å²) in [5.41, 5.74) is 1.77. The average molecular weight is 379 g/mol. The first-order valence-corrected chi connectivity index (χ1v) is 9.40. The van der Waals surface area contributed by atoms with Gasteiger partial charge in [-0.3, -0.25) is 14.2 Å². The molecule has 0 saturated heterocycles. The van der Waals surface area contributed by atoms with E-state index in [-0.39, 0.29) is 30.0 Å². The zero-order valence-corrected chi connectivity index (χ0v) is 16.7. The standard InChI is InChI=1S/C22H25N3O3/c1-15(19-11-9-18(10-12-19)8-7-17-5-6-17)25-16(2)23-20(13-21(25)26)28-14-22(27)24(3)4/h9-13,15,17H,5-6,14H2,1-4H3. The number of carbonyl (C=O) groups is 1. The molecule has 1 amide bonds. The van der Waals surface area contributed by atoms with Crippen molar-refractivity contribution >= 4 is 5.91 Å². The van der Waals surface area contributed by atoms with Gasteiger partial charge < -0.3 is 9.64 Å². The van der Waals surface area contributed by atoms with Gasteiger partial charge in [0.05, 0.1) is 12.1 Å². The number of hydrogen-bond donors (Lipinski definition) is 0. The maximum absolute atomic E-state index is 12.6. The first-order valence-electron chi connectivity index (χ1n) is 9.40. The zero-order valence-electron chi connectivity index (χ0n) is 16.7. The van der Waals surface area contributed by atoms with Gasteiger partial charge in [0.15, 0.2) is 6.61 Å². The largest absolute Gasteiger partial charge is 0.467 e. The van der Waals surface area contributed by atoms with E-state index in [1.54, 1.807) is 25.6 Å². The summed E-state index contributed by atoms with van der Waals surface area (Å²) >= 11 is 0. The second-order valence-electron chi connectivity index (χ2n) is 7.27. The van der Waals surface area contributed by atoms with Gasteiger partial charge in [0.2, 0.25) is 5.88 Å². The van der Waals surface area contributed by atoms with E-state index in [0.717, 1.165) is 11.1 Å². The lowest BCUT2D eigenvalue weighted by Crippen LogP contribution is -2.30. The second-order valence-corrected chi connectivity index (χ2v) is 7.27. The molecule has 1 heterocycles. The van der Waals surface area contributed by atoms with E-state index >= 15 is 0 Å².